The number of carbonyl (C=O) groups is 1. The zero-order chi connectivity index (χ0) is 14.7. The molecule has 1 aromatic heterocycles. The second-order valence-electron chi connectivity index (χ2n) is 6.23. The maximum absolute atomic E-state index is 12.6. The summed E-state index contributed by atoms with van der Waals surface area (Å²) in [5.41, 5.74) is 1.64. The summed E-state index contributed by atoms with van der Waals surface area (Å²) in [6.45, 7) is 3.45. The fraction of sp³-hybridized carbons (Fsp3) is 0.688. The minimum Gasteiger partial charge on any atom is -0.384 e. The fourth-order valence-electron chi connectivity index (χ4n) is 3.51. The van der Waals surface area contributed by atoms with E-state index in [1.54, 1.807) is 18.4 Å². The van der Waals surface area contributed by atoms with Crippen molar-refractivity contribution in [1.82, 2.24) is 10.2 Å². The first kappa shape index (κ1) is 15.0. The maximum atomic E-state index is 12.6. The largest absolute Gasteiger partial charge is 0.384 e. The average Bonchev–Trinajstić information content (AvgIpc) is 2.95. The first-order valence-electron chi connectivity index (χ1n) is 7.75. The Balaban J connectivity index is 1.68. The number of thiophene rings is 1. The van der Waals surface area contributed by atoms with E-state index in [4.69, 9.17) is 4.74 Å². The molecule has 1 aromatic rings. The minimum atomic E-state index is 0.239. The van der Waals surface area contributed by atoms with Crippen LogP contribution in [0.4, 0.5) is 0 Å². The Kier molecular flexibility index (Phi) is 4.62. The van der Waals surface area contributed by atoms with Crippen molar-refractivity contribution in [2.24, 2.45) is 5.41 Å². The van der Waals surface area contributed by atoms with Gasteiger partial charge in [-0.05, 0) is 60.2 Å². The molecule has 21 heavy (non-hydrogen) atoms. The van der Waals surface area contributed by atoms with Crippen LogP contribution in [0.2, 0.25) is 0 Å². The van der Waals surface area contributed by atoms with Gasteiger partial charge in [-0.1, -0.05) is 0 Å². The molecule has 5 heteroatoms. The second kappa shape index (κ2) is 6.46. The molecule has 1 saturated heterocycles. The third-order valence-corrected chi connectivity index (χ3v) is 5.63. The molecule has 1 saturated carbocycles. The number of ether oxygens (including phenoxy) is 1. The Morgan fingerprint density at radius 3 is 3.00 bits per heavy atom. The van der Waals surface area contributed by atoms with Crippen LogP contribution in [0.25, 0.3) is 0 Å². The minimum absolute atomic E-state index is 0.239. The molecule has 2 aliphatic rings. The van der Waals surface area contributed by atoms with E-state index in [1.807, 2.05) is 0 Å². The van der Waals surface area contributed by atoms with E-state index < -0.39 is 0 Å². The highest BCUT2D eigenvalue weighted by atomic mass is 32.1. The summed E-state index contributed by atoms with van der Waals surface area (Å²) in [5.74, 6) is 0.239. The molecule has 0 aromatic carbocycles. The summed E-state index contributed by atoms with van der Waals surface area (Å²) in [6, 6.07) is 2.56. The molecule has 1 N–H and O–H groups in total. The van der Waals surface area contributed by atoms with Crippen molar-refractivity contribution in [2.45, 2.75) is 38.3 Å². The molecular weight excluding hydrogens is 284 g/mol. The predicted octanol–water partition coefficient (Wildman–Crippen LogP) is 2.26. The zero-order valence-corrected chi connectivity index (χ0v) is 13.5. The lowest BCUT2D eigenvalue weighted by atomic mass is 9.93. The predicted molar refractivity (Wildman–Crippen MR) is 84.3 cm³/mol. The van der Waals surface area contributed by atoms with Gasteiger partial charge in [0.2, 0.25) is 5.91 Å². The summed E-state index contributed by atoms with van der Waals surface area (Å²) in [7, 11) is 1.65. The van der Waals surface area contributed by atoms with Crippen molar-refractivity contribution in [3.05, 3.63) is 22.4 Å². The zero-order valence-electron chi connectivity index (χ0n) is 12.6. The number of nitrogens with zero attached hydrogens (tertiary/aromatic N) is 1. The van der Waals surface area contributed by atoms with Gasteiger partial charge >= 0.3 is 0 Å². The van der Waals surface area contributed by atoms with Gasteiger partial charge in [-0.3, -0.25) is 4.79 Å². The SMILES string of the molecule is COCCC(=O)N(Cc1ccsc1)C1CC12CCNCC2. The lowest BCUT2D eigenvalue weighted by Gasteiger charge is -2.29. The van der Waals surface area contributed by atoms with Gasteiger partial charge in [-0.2, -0.15) is 11.3 Å². The van der Waals surface area contributed by atoms with Crippen molar-refractivity contribution in [1.29, 1.82) is 0 Å². The highest BCUT2D eigenvalue weighted by Crippen LogP contribution is 2.56. The van der Waals surface area contributed by atoms with Crippen molar-refractivity contribution in [3.8, 4) is 0 Å². The fourth-order valence-corrected chi connectivity index (χ4v) is 4.17. The van der Waals surface area contributed by atoms with Crippen LogP contribution in [0, 0.1) is 5.41 Å². The van der Waals surface area contributed by atoms with Gasteiger partial charge in [-0.15, -0.1) is 0 Å². The van der Waals surface area contributed by atoms with E-state index in [0.717, 1.165) is 19.6 Å². The van der Waals surface area contributed by atoms with Gasteiger partial charge < -0.3 is 15.0 Å². The van der Waals surface area contributed by atoms with Gasteiger partial charge in [0.1, 0.15) is 0 Å². The van der Waals surface area contributed by atoms with E-state index in [0.29, 0.717) is 24.5 Å². The summed E-state index contributed by atoms with van der Waals surface area (Å²) in [6.07, 6.45) is 4.08. The molecule has 1 amide bonds. The number of amides is 1. The number of hydrogen-bond donors (Lipinski definition) is 1. The van der Waals surface area contributed by atoms with E-state index in [1.165, 1.54) is 24.8 Å². The highest BCUT2D eigenvalue weighted by molar-refractivity contribution is 7.07. The molecular formula is C16H24N2O2S. The number of nitrogens with one attached hydrogen (secondary N) is 1. The van der Waals surface area contributed by atoms with Crippen LogP contribution in [-0.2, 0) is 16.1 Å². The highest BCUT2D eigenvalue weighted by Gasteiger charge is 2.57. The number of carbonyl (C=O) groups excluding carboxylic acids is 1. The van der Waals surface area contributed by atoms with Gasteiger partial charge in [0.25, 0.3) is 0 Å². The van der Waals surface area contributed by atoms with Crippen LogP contribution in [0.1, 0.15) is 31.2 Å². The molecule has 1 unspecified atom stereocenters. The molecule has 1 aliphatic heterocycles. The lowest BCUT2D eigenvalue weighted by Crippen LogP contribution is -2.39. The number of piperidine rings is 1. The Labute approximate surface area is 130 Å². The van der Waals surface area contributed by atoms with Gasteiger partial charge in [0.15, 0.2) is 0 Å². The van der Waals surface area contributed by atoms with Gasteiger partial charge in [0.05, 0.1) is 13.0 Å². The van der Waals surface area contributed by atoms with Gasteiger partial charge in [-0.25, -0.2) is 0 Å². The Morgan fingerprint density at radius 2 is 2.33 bits per heavy atom. The molecule has 2 fully saturated rings. The summed E-state index contributed by atoms with van der Waals surface area (Å²) < 4.78 is 5.08. The normalized spacial score (nSPS) is 23.2. The Morgan fingerprint density at radius 1 is 1.52 bits per heavy atom. The van der Waals surface area contributed by atoms with Crippen molar-refractivity contribution < 1.29 is 9.53 Å². The third-order valence-electron chi connectivity index (χ3n) is 4.90. The van der Waals surface area contributed by atoms with Crippen LogP contribution in [0.5, 0.6) is 0 Å². The van der Waals surface area contributed by atoms with E-state index in [-0.39, 0.29) is 5.91 Å². The smallest absolute Gasteiger partial charge is 0.225 e. The molecule has 0 radical (unpaired) electrons. The first-order chi connectivity index (χ1) is 10.2. The van der Waals surface area contributed by atoms with Crippen LogP contribution in [0.15, 0.2) is 16.8 Å². The standard InChI is InChI=1S/C16H24N2O2S/c1-20-8-2-15(19)18(11-13-3-9-21-12-13)14-10-16(14)4-6-17-7-5-16/h3,9,12,14,17H,2,4-8,10-11H2,1H3. The van der Waals surface area contributed by atoms with Crippen LogP contribution in [-0.4, -0.2) is 43.7 Å². The van der Waals surface area contributed by atoms with Crippen LogP contribution in [0.3, 0.4) is 0 Å². The molecule has 4 nitrogen and oxygen atoms in total. The third kappa shape index (κ3) is 3.30. The lowest BCUT2D eigenvalue weighted by molar-refractivity contribution is -0.134. The van der Waals surface area contributed by atoms with Crippen molar-refractivity contribution >= 4 is 17.2 Å². The second-order valence-corrected chi connectivity index (χ2v) is 7.01. The van der Waals surface area contributed by atoms with Gasteiger partial charge in [0, 0.05) is 19.7 Å². The maximum Gasteiger partial charge on any atom is 0.225 e. The topological polar surface area (TPSA) is 41.6 Å². The molecule has 3 rings (SSSR count). The Hall–Kier alpha value is -0.910. The number of hydrogen-bond acceptors (Lipinski definition) is 4. The summed E-state index contributed by atoms with van der Waals surface area (Å²) >= 11 is 1.70. The molecule has 116 valence electrons. The summed E-state index contributed by atoms with van der Waals surface area (Å²) in [4.78, 5) is 14.7. The number of rotatable bonds is 6. The van der Waals surface area contributed by atoms with Crippen LogP contribution >= 0.6 is 11.3 Å². The molecule has 0 bridgehead atoms. The first-order valence-corrected chi connectivity index (χ1v) is 8.70. The van der Waals surface area contributed by atoms with Crippen molar-refractivity contribution in [2.75, 3.05) is 26.8 Å². The van der Waals surface area contributed by atoms with E-state index in [2.05, 4.69) is 27.0 Å². The van der Waals surface area contributed by atoms with E-state index in [9.17, 15) is 4.79 Å². The van der Waals surface area contributed by atoms with Crippen molar-refractivity contribution in [3.63, 3.8) is 0 Å². The molecule has 1 spiro atoms. The molecule has 2 heterocycles. The molecule has 1 aliphatic carbocycles. The molecule has 1 atom stereocenters. The Bertz CT molecular complexity index is 469. The number of methoxy groups -OCH3 is 1. The quantitative estimate of drug-likeness (QED) is 0.876. The van der Waals surface area contributed by atoms with Crippen LogP contribution < -0.4 is 5.32 Å². The summed E-state index contributed by atoms with van der Waals surface area (Å²) in [5, 5.41) is 7.66. The van der Waals surface area contributed by atoms with E-state index >= 15 is 0 Å². The monoisotopic (exact) mass is 308 g/mol. The average molecular weight is 308 g/mol.